The number of carbonyl (C=O) groups excluding carboxylic acids is 2. The molecular formula is C19H20N2O4. The summed E-state index contributed by atoms with van der Waals surface area (Å²) in [6, 6.07) is 17.6. The molecule has 6 nitrogen and oxygen atoms in total. The number of nitrogens with one attached hydrogen (secondary N) is 2. The zero-order chi connectivity index (χ0) is 17.6. The van der Waals surface area contributed by atoms with Crippen molar-refractivity contribution in [2.75, 3.05) is 6.61 Å². The van der Waals surface area contributed by atoms with Gasteiger partial charge in [-0.2, -0.15) is 0 Å². The zero-order valence-corrected chi connectivity index (χ0v) is 13.8. The maximum absolute atomic E-state index is 12.4. The standard InChI is InChI=1S/C19H20N2O4/c1-13-12-24-18(20-16(22)14-8-4-2-5-9-14)19(25-13)21-17(23)15-10-6-3-7-11-15/h2-11,13,18-19H,12H2,1H3,(H,20,22)(H,21,23)/t13-,18+,19-/m1/s1. The summed E-state index contributed by atoms with van der Waals surface area (Å²) in [5.41, 5.74) is 1.02. The van der Waals surface area contributed by atoms with E-state index in [1.165, 1.54) is 0 Å². The van der Waals surface area contributed by atoms with Gasteiger partial charge in [0.05, 0.1) is 12.7 Å². The molecule has 3 atom stereocenters. The molecule has 2 aromatic rings. The lowest BCUT2D eigenvalue weighted by atomic mass is 10.2. The average molecular weight is 340 g/mol. The molecule has 1 aliphatic rings. The van der Waals surface area contributed by atoms with Crippen LogP contribution in [0.5, 0.6) is 0 Å². The van der Waals surface area contributed by atoms with Crippen LogP contribution in [0.25, 0.3) is 0 Å². The molecule has 0 aromatic heterocycles. The van der Waals surface area contributed by atoms with Crippen molar-refractivity contribution in [3.05, 3.63) is 71.8 Å². The topological polar surface area (TPSA) is 76.7 Å². The molecule has 0 saturated carbocycles. The van der Waals surface area contributed by atoms with E-state index >= 15 is 0 Å². The molecule has 6 heteroatoms. The van der Waals surface area contributed by atoms with Crippen molar-refractivity contribution in [3.8, 4) is 0 Å². The largest absolute Gasteiger partial charge is 0.351 e. The van der Waals surface area contributed by atoms with Gasteiger partial charge in [0.15, 0.2) is 12.5 Å². The Morgan fingerprint density at radius 2 is 1.32 bits per heavy atom. The van der Waals surface area contributed by atoms with E-state index in [9.17, 15) is 9.59 Å². The normalized spacial score (nSPS) is 22.8. The molecule has 0 spiro atoms. The highest BCUT2D eigenvalue weighted by Gasteiger charge is 2.33. The Morgan fingerprint density at radius 3 is 1.84 bits per heavy atom. The molecule has 0 aliphatic carbocycles. The van der Waals surface area contributed by atoms with Gasteiger partial charge in [-0.15, -0.1) is 0 Å². The van der Waals surface area contributed by atoms with Crippen LogP contribution in [0, 0.1) is 0 Å². The molecule has 130 valence electrons. The first kappa shape index (κ1) is 17.1. The van der Waals surface area contributed by atoms with E-state index in [0.717, 1.165) is 0 Å². The number of ether oxygens (including phenoxy) is 2. The van der Waals surface area contributed by atoms with Crippen molar-refractivity contribution in [2.45, 2.75) is 25.5 Å². The smallest absolute Gasteiger partial charge is 0.253 e. The molecule has 1 saturated heterocycles. The van der Waals surface area contributed by atoms with Crippen LogP contribution < -0.4 is 10.6 Å². The molecule has 0 radical (unpaired) electrons. The Hall–Kier alpha value is -2.70. The molecule has 1 aliphatic heterocycles. The number of rotatable bonds is 4. The van der Waals surface area contributed by atoms with E-state index in [4.69, 9.17) is 9.47 Å². The summed E-state index contributed by atoms with van der Waals surface area (Å²) < 4.78 is 11.4. The highest BCUT2D eigenvalue weighted by Crippen LogP contribution is 2.13. The fraction of sp³-hybridized carbons (Fsp3) is 0.263. The van der Waals surface area contributed by atoms with Gasteiger partial charge in [-0.25, -0.2) is 0 Å². The van der Waals surface area contributed by atoms with Crippen LogP contribution in [0.4, 0.5) is 0 Å². The summed E-state index contributed by atoms with van der Waals surface area (Å²) >= 11 is 0. The van der Waals surface area contributed by atoms with Gasteiger partial charge < -0.3 is 20.1 Å². The number of hydrogen-bond donors (Lipinski definition) is 2. The molecule has 3 rings (SSSR count). The summed E-state index contributed by atoms with van der Waals surface area (Å²) in [5.74, 6) is -0.579. The van der Waals surface area contributed by atoms with Crippen molar-refractivity contribution in [1.29, 1.82) is 0 Å². The lowest BCUT2D eigenvalue weighted by Gasteiger charge is -2.35. The van der Waals surface area contributed by atoms with Crippen LogP contribution in [0.2, 0.25) is 0 Å². The van der Waals surface area contributed by atoms with E-state index in [-0.39, 0.29) is 17.9 Å². The Labute approximate surface area is 146 Å². The van der Waals surface area contributed by atoms with Gasteiger partial charge in [0.2, 0.25) is 0 Å². The quantitative estimate of drug-likeness (QED) is 0.892. The monoisotopic (exact) mass is 340 g/mol. The van der Waals surface area contributed by atoms with Gasteiger partial charge in [0.25, 0.3) is 11.8 Å². The summed E-state index contributed by atoms with van der Waals surface area (Å²) in [4.78, 5) is 24.7. The number of amides is 2. The molecular weight excluding hydrogens is 320 g/mol. The lowest BCUT2D eigenvalue weighted by Crippen LogP contribution is -2.58. The molecule has 2 N–H and O–H groups in total. The fourth-order valence-corrected chi connectivity index (χ4v) is 2.52. The van der Waals surface area contributed by atoms with Crippen LogP contribution in [0.3, 0.4) is 0 Å². The van der Waals surface area contributed by atoms with Gasteiger partial charge in [-0.05, 0) is 31.2 Å². The van der Waals surface area contributed by atoms with Crippen LogP contribution >= 0.6 is 0 Å². The number of carbonyl (C=O) groups is 2. The second kappa shape index (κ2) is 7.92. The van der Waals surface area contributed by atoms with Gasteiger partial charge >= 0.3 is 0 Å². The van der Waals surface area contributed by atoms with E-state index in [0.29, 0.717) is 17.7 Å². The molecule has 0 unspecified atom stereocenters. The Bertz CT molecular complexity index is 721. The van der Waals surface area contributed by atoms with Gasteiger partial charge in [-0.1, -0.05) is 36.4 Å². The van der Waals surface area contributed by atoms with Gasteiger partial charge in [0, 0.05) is 11.1 Å². The van der Waals surface area contributed by atoms with Crippen molar-refractivity contribution in [1.82, 2.24) is 10.6 Å². The van der Waals surface area contributed by atoms with Gasteiger partial charge in [-0.3, -0.25) is 9.59 Å². The molecule has 1 heterocycles. The SMILES string of the molecule is C[C@@H]1CO[C@H](NC(=O)c2ccccc2)[C@H](NC(=O)c2ccccc2)O1. The maximum Gasteiger partial charge on any atom is 0.253 e. The van der Waals surface area contributed by atoms with E-state index in [1.807, 2.05) is 19.1 Å². The zero-order valence-electron chi connectivity index (χ0n) is 13.8. The van der Waals surface area contributed by atoms with Crippen molar-refractivity contribution in [2.24, 2.45) is 0 Å². The van der Waals surface area contributed by atoms with Crippen LogP contribution in [0.15, 0.2) is 60.7 Å². The first-order valence-corrected chi connectivity index (χ1v) is 8.12. The van der Waals surface area contributed by atoms with Crippen LogP contribution in [-0.2, 0) is 9.47 Å². The van der Waals surface area contributed by atoms with E-state index in [2.05, 4.69) is 10.6 Å². The molecule has 2 aromatic carbocycles. The Kier molecular flexibility index (Phi) is 5.42. The van der Waals surface area contributed by atoms with Crippen LogP contribution in [0.1, 0.15) is 27.6 Å². The Balaban J connectivity index is 1.68. The summed E-state index contributed by atoms with van der Waals surface area (Å²) in [6.45, 7) is 2.17. The molecule has 0 bridgehead atoms. The highest BCUT2D eigenvalue weighted by molar-refractivity contribution is 5.95. The van der Waals surface area contributed by atoms with Crippen LogP contribution in [-0.4, -0.2) is 37.0 Å². The molecule has 2 amide bonds. The number of hydrogen-bond acceptors (Lipinski definition) is 4. The number of benzene rings is 2. The van der Waals surface area contributed by atoms with Crippen molar-refractivity contribution >= 4 is 11.8 Å². The average Bonchev–Trinajstić information content (AvgIpc) is 2.65. The third-order valence-electron chi connectivity index (χ3n) is 3.78. The molecule has 25 heavy (non-hydrogen) atoms. The highest BCUT2D eigenvalue weighted by atomic mass is 16.6. The minimum atomic E-state index is -0.774. The predicted octanol–water partition coefficient (Wildman–Crippen LogP) is 1.93. The first-order chi connectivity index (χ1) is 12.1. The van der Waals surface area contributed by atoms with Crippen molar-refractivity contribution < 1.29 is 19.1 Å². The fourth-order valence-electron chi connectivity index (χ4n) is 2.52. The minimum Gasteiger partial charge on any atom is -0.351 e. The summed E-state index contributed by atoms with van der Waals surface area (Å²) in [7, 11) is 0. The predicted molar refractivity (Wildman–Crippen MR) is 91.9 cm³/mol. The summed E-state index contributed by atoms with van der Waals surface area (Å²) in [6.07, 6.45) is -1.73. The third kappa shape index (κ3) is 4.43. The second-order valence-corrected chi connectivity index (χ2v) is 5.80. The lowest BCUT2D eigenvalue weighted by molar-refractivity contribution is -0.187. The van der Waals surface area contributed by atoms with E-state index < -0.39 is 12.5 Å². The van der Waals surface area contributed by atoms with Gasteiger partial charge in [0.1, 0.15) is 0 Å². The first-order valence-electron chi connectivity index (χ1n) is 8.12. The molecule has 1 fully saturated rings. The minimum absolute atomic E-state index is 0.189. The maximum atomic E-state index is 12.4. The van der Waals surface area contributed by atoms with E-state index in [1.54, 1.807) is 48.5 Å². The van der Waals surface area contributed by atoms with Crippen molar-refractivity contribution in [3.63, 3.8) is 0 Å². The third-order valence-corrected chi connectivity index (χ3v) is 3.78. The second-order valence-electron chi connectivity index (χ2n) is 5.80. The summed E-state index contributed by atoms with van der Waals surface area (Å²) in [5, 5.41) is 5.53. The Morgan fingerprint density at radius 1 is 0.840 bits per heavy atom.